The number of aldehydes is 1. The lowest BCUT2D eigenvalue weighted by molar-refractivity contribution is 0.0597. The number of hydrogen-bond acceptors (Lipinski definition) is 4. The van der Waals surface area contributed by atoms with Crippen molar-refractivity contribution >= 4 is 6.29 Å². The highest BCUT2D eigenvalue weighted by Gasteiger charge is 2.13. The van der Waals surface area contributed by atoms with Gasteiger partial charge in [-0.3, -0.25) is 4.79 Å². The zero-order chi connectivity index (χ0) is 12.1. The molecule has 0 spiro atoms. The molecule has 88 valence electrons. The summed E-state index contributed by atoms with van der Waals surface area (Å²) in [6, 6.07) is 4.95. The maximum atomic E-state index is 10.8. The third-order valence-corrected chi connectivity index (χ3v) is 2.34. The van der Waals surface area contributed by atoms with Crippen LogP contribution in [0.25, 0.3) is 0 Å². The first-order chi connectivity index (χ1) is 7.58. The van der Waals surface area contributed by atoms with Crippen molar-refractivity contribution < 1.29 is 19.4 Å². The van der Waals surface area contributed by atoms with E-state index in [1.807, 2.05) is 0 Å². The van der Waals surface area contributed by atoms with E-state index in [4.69, 9.17) is 9.47 Å². The van der Waals surface area contributed by atoms with Crippen LogP contribution in [0.2, 0.25) is 0 Å². The number of carbonyl (C=O) groups excluding carboxylic acids is 1. The van der Waals surface area contributed by atoms with E-state index in [0.717, 1.165) is 0 Å². The quantitative estimate of drug-likeness (QED) is 0.773. The van der Waals surface area contributed by atoms with Gasteiger partial charge in [-0.05, 0) is 32.0 Å². The molecule has 4 heteroatoms. The van der Waals surface area contributed by atoms with Gasteiger partial charge in [0.1, 0.15) is 17.6 Å². The highest BCUT2D eigenvalue weighted by molar-refractivity contribution is 5.80. The van der Waals surface area contributed by atoms with Crippen molar-refractivity contribution in [2.45, 2.75) is 26.1 Å². The van der Waals surface area contributed by atoms with E-state index in [1.54, 1.807) is 32.0 Å². The van der Waals surface area contributed by atoms with E-state index in [0.29, 0.717) is 23.3 Å². The fourth-order valence-electron chi connectivity index (χ4n) is 1.15. The summed E-state index contributed by atoms with van der Waals surface area (Å²) in [5.74, 6) is 1.04. The van der Waals surface area contributed by atoms with Gasteiger partial charge in [0.25, 0.3) is 0 Å². The van der Waals surface area contributed by atoms with E-state index in [-0.39, 0.29) is 6.10 Å². The first-order valence-corrected chi connectivity index (χ1v) is 5.06. The van der Waals surface area contributed by atoms with Crippen molar-refractivity contribution in [3.8, 4) is 11.5 Å². The minimum atomic E-state index is -0.596. The van der Waals surface area contributed by atoms with Gasteiger partial charge in [-0.25, -0.2) is 0 Å². The molecule has 1 aromatic carbocycles. The number of benzene rings is 1. The Kier molecular flexibility index (Phi) is 4.31. The summed E-state index contributed by atoms with van der Waals surface area (Å²) in [7, 11) is 1.53. The maximum Gasteiger partial charge on any atom is 0.153 e. The van der Waals surface area contributed by atoms with Crippen molar-refractivity contribution in [3.05, 3.63) is 23.8 Å². The molecule has 2 atom stereocenters. The number of aliphatic hydroxyl groups is 1. The number of carbonyl (C=O) groups is 1. The fourth-order valence-corrected chi connectivity index (χ4v) is 1.15. The Labute approximate surface area is 94.8 Å². The third-order valence-electron chi connectivity index (χ3n) is 2.34. The molecule has 0 heterocycles. The molecule has 1 aromatic rings. The van der Waals surface area contributed by atoms with E-state index >= 15 is 0 Å². The van der Waals surface area contributed by atoms with Crippen LogP contribution < -0.4 is 9.47 Å². The summed E-state index contributed by atoms with van der Waals surface area (Å²) in [5, 5.41) is 9.31. The Morgan fingerprint density at radius 3 is 2.56 bits per heavy atom. The van der Waals surface area contributed by atoms with Gasteiger partial charge in [0.15, 0.2) is 6.29 Å². The van der Waals surface area contributed by atoms with E-state index in [1.165, 1.54) is 7.11 Å². The lowest BCUT2D eigenvalue weighted by Crippen LogP contribution is -2.26. The monoisotopic (exact) mass is 224 g/mol. The molecule has 0 saturated carbocycles. The van der Waals surface area contributed by atoms with Crippen LogP contribution in [0.4, 0.5) is 0 Å². The third kappa shape index (κ3) is 2.97. The van der Waals surface area contributed by atoms with Crippen molar-refractivity contribution in [1.29, 1.82) is 0 Å². The van der Waals surface area contributed by atoms with E-state index in [2.05, 4.69) is 0 Å². The predicted molar refractivity (Wildman–Crippen MR) is 60.2 cm³/mol. The minimum Gasteiger partial charge on any atom is -0.497 e. The summed E-state index contributed by atoms with van der Waals surface area (Å²) in [5.41, 5.74) is 0.409. The zero-order valence-electron chi connectivity index (χ0n) is 9.64. The molecule has 0 aliphatic carbocycles. The molecular formula is C12H16O4. The van der Waals surface area contributed by atoms with Gasteiger partial charge >= 0.3 is 0 Å². The average molecular weight is 224 g/mol. The molecule has 0 fully saturated rings. The van der Waals surface area contributed by atoms with E-state index in [9.17, 15) is 9.90 Å². The Hall–Kier alpha value is -1.55. The van der Waals surface area contributed by atoms with Crippen LogP contribution >= 0.6 is 0 Å². The van der Waals surface area contributed by atoms with Crippen LogP contribution in [0.3, 0.4) is 0 Å². The van der Waals surface area contributed by atoms with Gasteiger partial charge in [0.05, 0.1) is 18.8 Å². The topological polar surface area (TPSA) is 55.8 Å². The lowest BCUT2D eigenvalue weighted by atomic mass is 10.2. The molecule has 0 aliphatic rings. The number of methoxy groups -OCH3 is 1. The fraction of sp³-hybridized carbons (Fsp3) is 0.417. The van der Waals surface area contributed by atoms with Gasteiger partial charge in [0.2, 0.25) is 0 Å². The van der Waals surface area contributed by atoms with Gasteiger partial charge < -0.3 is 14.6 Å². The van der Waals surface area contributed by atoms with E-state index < -0.39 is 6.10 Å². The Balaban J connectivity index is 2.91. The molecular weight excluding hydrogens is 208 g/mol. The second kappa shape index (κ2) is 5.51. The number of ether oxygens (including phenoxy) is 2. The maximum absolute atomic E-state index is 10.8. The molecule has 0 saturated heterocycles. The predicted octanol–water partition coefficient (Wildman–Crippen LogP) is 1.66. The first kappa shape index (κ1) is 12.5. The Morgan fingerprint density at radius 1 is 1.38 bits per heavy atom. The summed E-state index contributed by atoms with van der Waals surface area (Å²) in [6.07, 6.45) is -0.263. The molecule has 1 N–H and O–H groups in total. The van der Waals surface area contributed by atoms with Crippen LogP contribution in [0, 0.1) is 0 Å². The Bertz CT molecular complexity index is 360. The summed E-state index contributed by atoms with van der Waals surface area (Å²) >= 11 is 0. The van der Waals surface area contributed by atoms with Crippen LogP contribution in [-0.4, -0.2) is 30.7 Å². The molecule has 4 nitrogen and oxygen atoms in total. The molecule has 0 aromatic heterocycles. The Morgan fingerprint density at radius 2 is 2.06 bits per heavy atom. The molecule has 0 aliphatic heterocycles. The van der Waals surface area contributed by atoms with Gasteiger partial charge in [-0.1, -0.05) is 0 Å². The standard InChI is InChI=1S/C12H16O4/c1-8(14)9(2)16-12-5-4-11(15-3)6-10(12)7-13/h4-9,14H,1-3H3. The van der Waals surface area contributed by atoms with Crippen LogP contribution in [0.15, 0.2) is 18.2 Å². The van der Waals surface area contributed by atoms with Gasteiger partial charge in [-0.2, -0.15) is 0 Å². The van der Waals surface area contributed by atoms with Crippen LogP contribution in [0.5, 0.6) is 11.5 Å². The highest BCUT2D eigenvalue weighted by Crippen LogP contribution is 2.24. The normalized spacial score (nSPS) is 14.0. The van der Waals surface area contributed by atoms with Gasteiger partial charge in [-0.15, -0.1) is 0 Å². The van der Waals surface area contributed by atoms with Crippen molar-refractivity contribution in [1.82, 2.24) is 0 Å². The second-order valence-corrected chi connectivity index (χ2v) is 3.59. The summed E-state index contributed by atoms with van der Waals surface area (Å²) in [6.45, 7) is 3.37. The smallest absolute Gasteiger partial charge is 0.153 e. The van der Waals surface area contributed by atoms with Crippen LogP contribution in [-0.2, 0) is 0 Å². The molecule has 16 heavy (non-hydrogen) atoms. The SMILES string of the molecule is COc1ccc(OC(C)C(C)O)c(C=O)c1. The number of rotatable bonds is 5. The molecule has 0 bridgehead atoms. The second-order valence-electron chi connectivity index (χ2n) is 3.59. The van der Waals surface area contributed by atoms with Crippen molar-refractivity contribution in [2.24, 2.45) is 0 Å². The summed E-state index contributed by atoms with van der Waals surface area (Å²) < 4.78 is 10.5. The first-order valence-electron chi connectivity index (χ1n) is 5.06. The van der Waals surface area contributed by atoms with Gasteiger partial charge in [0, 0.05) is 0 Å². The zero-order valence-corrected chi connectivity index (χ0v) is 9.64. The lowest BCUT2D eigenvalue weighted by Gasteiger charge is -2.18. The number of aliphatic hydroxyl groups excluding tert-OH is 1. The van der Waals surface area contributed by atoms with Crippen molar-refractivity contribution in [3.63, 3.8) is 0 Å². The largest absolute Gasteiger partial charge is 0.497 e. The number of hydrogen-bond donors (Lipinski definition) is 1. The molecule has 0 radical (unpaired) electrons. The summed E-state index contributed by atoms with van der Waals surface area (Å²) in [4.78, 5) is 10.8. The molecule has 0 amide bonds. The highest BCUT2D eigenvalue weighted by atomic mass is 16.5. The average Bonchev–Trinajstić information content (AvgIpc) is 2.29. The molecule has 2 unspecified atom stereocenters. The molecule has 1 rings (SSSR count). The minimum absolute atomic E-state index is 0.368. The van der Waals surface area contributed by atoms with Crippen LogP contribution in [0.1, 0.15) is 24.2 Å². The van der Waals surface area contributed by atoms with Crippen molar-refractivity contribution in [2.75, 3.05) is 7.11 Å².